The molecule has 2 aromatic carbocycles. The number of hydrogen-bond acceptors (Lipinski definition) is 4. The average Bonchev–Trinajstić information content (AvgIpc) is 2.62. The Balaban J connectivity index is 1.66. The fraction of sp³-hybridized carbons (Fsp3) is 0.263. The van der Waals surface area contributed by atoms with Crippen molar-refractivity contribution in [2.45, 2.75) is 6.54 Å². The average molecular weight is 343 g/mol. The molecular weight excluding hydrogens is 322 g/mol. The van der Waals surface area contributed by atoms with E-state index >= 15 is 0 Å². The maximum atomic E-state index is 12.0. The molecule has 0 atom stereocenters. The second-order valence-corrected chi connectivity index (χ2v) is 5.47. The molecule has 0 unspecified atom stereocenters. The number of carbonyl (C=O) groups is 2. The molecule has 132 valence electrons. The summed E-state index contributed by atoms with van der Waals surface area (Å²) in [5, 5.41) is 8.87. The minimum absolute atomic E-state index is 0.0259. The van der Waals surface area contributed by atoms with Gasteiger partial charge in [0.05, 0.1) is 12.2 Å². The topological polar surface area (TPSA) is 76.1 Å². The van der Waals surface area contributed by atoms with Crippen molar-refractivity contribution in [3.8, 4) is 5.75 Å². The van der Waals surface area contributed by atoms with Crippen LogP contribution in [0.3, 0.4) is 0 Å². The van der Waals surface area contributed by atoms with E-state index in [1.54, 1.807) is 19.2 Å². The Kier molecular flexibility index (Phi) is 6.98. The van der Waals surface area contributed by atoms with Gasteiger partial charge in [0, 0.05) is 13.6 Å². The summed E-state index contributed by atoms with van der Waals surface area (Å²) >= 11 is 0. The minimum atomic E-state index is -0.970. The number of carboxylic acids is 1. The van der Waals surface area contributed by atoms with Crippen molar-refractivity contribution in [1.29, 1.82) is 0 Å². The van der Waals surface area contributed by atoms with Gasteiger partial charge in [0.25, 0.3) is 0 Å². The number of para-hydroxylation sites is 1. The molecule has 2 rings (SSSR count). The SMILES string of the molecule is CN(Cc1ccc(C(=O)O)cc1)C(=O)COCCOc1ccccc1. The number of hydrogen-bond donors (Lipinski definition) is 1. The Morgan fingerprint density at radius 3 is 2.32 bits per heavy atom. The van der Waals surface area contributed by atoms with Gasteiger partial charge in [-0.15, -0.1) is 0 Å². The lowest BCUT2D eigenvalue weighted by Gasteiger charge is -2.17. The van der Waals surface area contributed by atoms with Gasteiger partial charge in [0.1, 0.15) is 19.0 Å². The first-order valence-electron chi connectivity index (χ1n) is 7.88. The normalized spacial score (nSPS) is 10.3. The lowest BCUT2D eigenvalue weighted by molar-refractivity contribution is -0.135. The Hall–Kier alpha value is -2.86. The predicted molar refractivity (Wildman–Crippen MR) is 92.6 cm³/mol. The van der Waals surface area contributed by atoms with E-state index < -0.39 is 5.97 Å². The standard InChI is InChI=1S/C19H21NO5/c1-20(13-15-7-9-16(10-8-15)19(22)23)18(21)14-24-11-12-25-17-5-3-2-4-6-17/h2-10H,11-14H2,1H3,(H,22,23). The Labute approximate surface area is 146 Å². The smallest absolute Gasteiger partial charge is 0.335 e. The summed E-state index contributed by atoms with van der Waals surface area (Å²) in [4.78, 5) is 24.4. The molecule has 0 bridgehead atoms. The van der Waals surface area contributed by atoms with Crippen molar-refractivity contribution >= 4 is 11.9 Å². The summed E-state index contributed by atoms with van der Waals surface area (Å²) in [7, 11) is 1.68. The lowest BCUT2D eigenvalue weighted by Crippen LogP contribution is -2.30. The highest BCUT2D eigenvalue weighted by Gasteiger charge is 2.10. The molecule has 6 nitrogen and oxygen atoms in total. The number of ether oxygens (including phenoxy) is 2. The van der Waals surface area contributed by atoms with Crippen LogP contribution in [0.15, 0.2) is 54.6 Å². The first-order chi connectivity index (χ1) is 12.1. The first-order valence-corrected chi connectivity index (χ1v) is 7.88. The fourth-order valence-corrected chi connectivity index (χ4v) is 2.12. The van der Waals surface area contributed by atoms with Gasteiger partial charge in [-0.05, 0) is 29.8 Å². The van der Waals surface area contributed by atoms with Gasteiger partial charge in [0.2, 0.25) is 5.91 Å². The maximum Gasteiger partial charge on any atom is 0.335 e. The van der Waals surface area contributed by atoms with Crippen LogP contribution in [0.1, 0.15) is 15.9 Å². The molecule has 0 aliphatic carbocycles. The van der Waals surface area contributed by atoms with Crippen LogP contribution in [-0.4, -0.2) is 48.8 Å². The van der Waals surface area contributed by atoms with Crippen molar-refractivity contribution < 1.29 is 24.2 Å². The Morgan fingerprint density at radius 2 is 1.68 bits per heavy atom. The quantitative estimate of drug-likeness (QED) is 0.708. The zero-order chi connectivity index (χ0) is 18.1. The number of rotatable bonds is 9. The number of likely N-dealkylation sites (N-methyl/N-ethyl adjacent to an activating group) is 1. The van der Waals surface area contributed by atoms with E-state index in [2.05, 4.69) is 0 Å². The molecule has 6 heteroatoms. The molecule has 0 radical (unpaired) electrons. The highest BCUT2D eigenvalue weighted by molar-refractivity contribution is 5.87. The number of carbonyl (C=O) groups excluding carboxylic acids is 1. The van der Waals surface area contributed by atoms with Gasteiger partial charge in [-0.3, -0.25) is 4.79 Å². The van der Waals surface area contributed by atoms with Crippen LogP contribution >= 0.6 is 0 Å². The fourth-order valence-electron chi connectivity index (χ4n) is 2.12. The number of aromatic carboxylic acids is 1. The van der Waals surface area contributed by atoms with E-state index in [0.717, 1.165) is 11.3 Å². The number of carboxylic acid groups (broad SMARTS) is 1. The number of nitrogens with zero attached hydrogens (tertiary/aromatic N) is 1. The molecule has 2 aromatic rings. The first kappa shape index (κ1) is 18.5. The third-order valence-corrected chi connectivity index (χ3v) is 3.51. The van der Waals surface area contributed by atoms with Gasteiger partial charge in [-0.2, -0.15) is 0 Å². The third-order valence-electron chi connectivity index (χ3n) is 3.51. The summed E-state index contributed by atoms with van der Waals surface area (Å²) in [5.74, 6) is -0.358. The second-order valence-electron chi connectivity index (χ2n) is 5.47. The van der Waals surface area contributed by atoms with E-state index in [1.807, 2.05) is 30.3 Å². The maximum absolute atomic E-state index is 12.0. The zero-order valence-corrected chi connectivity index (χ0v) is 14.1. The van der Waals surface area contributed by atoms with Crippen LogP contribution in [0, 0.1) is 0 Å². The Bertz CT molecular complexity index is 685. The molecule has 0 saturated heterocycles. The van der Waals surface area contributed by atoms with Crippen LogP contribution in [0.25, 0.3) is 0 Å². The summed E-state index contributed by atoms with van der Waals surface area (Å²) in [6.45, 7) is 1.06. The van der Waals surface area contributed by atoms with Gasteiger partial charge < -0.3 is 19.5 Å². The molecule has 25 heavy (non-hydrogen) atoms. The molecule has 0 saturated carbocycles. The Morgan fingerprint density at radius 1 is 1.00 bits per heavy atom. The van der Waals surface area contributed by atoms with Gasteiger partial charge in [-0.1, -0.05) is 30.3 Å². The van der Waals surface area contributed by atoms with E-state index in [-0.39, 0.29) is 18.1 Å². The van der Waals surface area contributed by atoms with Crippen molar-refractivity contribution in [3.05, 3.63) is 65.7 Å². The minimum Gasteiger partial charge on any atom is -0.491 e. The highest BCUT2D eigenvalue weighted by atomic mass is 16.5. The second kappa shape index (κ2) is 9.44. The highest BCUT2D eigenvalue weighted by Crippen LogP contribution is 2.08. The molecule has 0 aromatic heterocycles. The van der Waals surface area contributed by atoms with Crippen molar-refractivity contribution in [2.24, 2.45) is 0 Å². The van der Waals surface area contributed by atoms with Gasteiger partial charge in [0.15, 0.2) is 0 Å². The predicted octanol–water partition coefficient (Wildman–Crippen LogP) is 2.44. The van der Waals surface area contributed by atoms with E-state index in [4.69, 9.17) is 14.6 Å². The lowest BCUT2D eigenvalue weighted by atomic mass is 10.1. The third kappa shape index (κ3) is 6.27. The zero-order valence-electron chi connectivity index (χ0n) is 14.1. The largest absolute Gasteiger partial charge is 0.491 e. The van der Waals surface area contributed by atoms with E-state index in [1.165, 1.54) is 17.0 Å². The molecule has 0 aliphatic heterocycles. The van der Waals surface area contributed by atoms with Crippen LogP contribution in [0.4, 0.5) is 0 Å². The summed E-state index contributed by atoms with van der Waals surface area (Å²) < 4.78 is 10.8. The number of amides is 1. The van der Waals surface area contributed by atoms with Crippen molar-refractivity contribution in [1.82, 2.24) is 4.90 Å². The molecule has 1 N–H and O–H groups in total. The van der Waals surface area contributed by atoms with Gasteiger partial charge in [-0.25, -0.2) is 4.79 Å². The molecular formula is C19H21NO5. The van der Waals surface area contributed by atoms with Crippen LogP contribution in [0.2, 0.25) is 0 Å². The summed E-state index contributed by atoms with van der Waals surface area (Å²) in [6.07, 6.45) is 0. The molecule has 1 amide bonds. The summed E-state index contributed by atoms with van der Waals surface area (Å²) in [5.41, 5.74) is 1.08. The molecule has 0 fully saturated rings. The van der Waals surface area contributed by atoms with Crippen LogP contribution < -0.4 is 4.74 Å². The van der Waals surface area contributed by atoms with E-state index in [9.17, 15) is 9.59 Å². The van der Waals surface area contributed by atoms with Crippen molar-refractivity contribution in [3.63, 3.8) is 0 Å². The number of benzene rings is 2. The van der Waals surface area contributed by atoms with Crippen LogP contribution in [0.5, 0.6) is 5.75 Å². The molecule has 0 spiro atoms. The monoisotopic (exact) mass is 343 g/mol. The van der Waals surface area contributed by atoms with Crippen molar-refractivity contribution in [2.75, 3.05) is 26.9 Å². The van der Waals surface area contributed by atoms with E-state index in [0.29, 0.717) is 19.8 Å². The van der Waals surface area contributed by atoms with Crippen LogP contribution in [-0.2, 0) is 16.1 Å². The summed E-state index contributed by atoms with van der Waals surface area (Å²) in [6, 6.07) is 15.8. The van der Waals surface area contributed by atoms with Gasteiger partial charge >= 0.3 is 5.97 Å². The molecule has 0 heterocycles. The molecule has 0 aliphatic rings.